The Morgan fingerprint density at radius 3 is 2.50 bits per heavy atom. The van der Waals surface area contributed by atoms with Gasteiger partial charge in [-0.15, -0.1) is 0 Å². The number of halogens is 1. The number of nitrogens with zero attached hydrogens (tertiary/aromatic N) is 1. The highest BCUT2D eigenvalue weighted by Gasteiger charge is 2.51. The summed E-state index contributed by atoms with van der Waals surface area (Å²) >= 11 is 0. The molecule has 0 aromatic heterocycles. The van der Waals surface area contributed by atoms with Crippen LogP contribution in [0.3, 0.4) is 0 Å². The summed E-state index contributed by atoms with van der Waals surface area (Å²) in [7, 11) is 1.82. The van der Waals surface area contributed by atoms with E-state index in [9.17, 15) is 9.18 Å². The molecule has 1 aliphatic heterocycles. The van der Waals surface area contributed by atoms with Crippen LogP contribution < -0.4 is 5.32 Å². The Kier molecular flexibility index (Phi) is 2.63. The average molecular weight is 248 g/mol. The Labute approximate surface area is 106 Å². The lowest BCUT2D eigenvalue weighted by atomic mass is 9.98. The van der Waals surface area contributed by atoms with Crippen molar-refractivity contribution >= 4 is 5.91 Å². The van der Waals surface area contributed by atoms with E-state index in [0.717, 1.165) is 31.2 Å². The number of amides is 1. The van der Waals surface area contributed by atoms with Crippen LogP contribution in [0.5, 0.6) is 0 Å². The molecule has 1 saturated carbocycles. The number of carbonyl (C=O) groups excluding carboxylic acids is 1. The molecule has 0 unspecified atom stereocenters. The monoisotopic (exact) mass is 248 g/mol. The molecule has 3 rings (SSSR count). The van der Waals surface area contributed by atoms with Crippen LogP contribution in [0.25, 0.3) is 0 Å². The molecule has 2 aliphatic rings. The molecule has 1 aromatic rings. The van der Waals surface area contributed by atoms with Gasteiger partial charge in [-0.05, 0) is 30.5 Å². The van der Waals surface area contributed by atoms with E-state index in [1.165, 1.54) is 12.1 Å². The van der Waals surface area contributed by atoms with Gasteiger partial charge in [0.15, 0.2) is 0 Å². The summed E-state index contributed by atoms with van der Waals surface area (Å²) in [6.07, 6.45) is 3.89. The molecule has 3 nitrogen and oxygen atoms in total. The third-order valence-corrected chi connectivity index (χ3v) is 4.17. The topological polar surface area (TPSA) is 32.3 Å². The number of carbonyl (C=O) groups is 1. The van der Waals surface area contributed by atoms with Crippen molar-refractivity contribution in [2.24, 2.45) is 0 Å². The van der Waals surface area contributed by atoms with Gasteiger partial charge in [0, 0.05) is 7.05 Å². The summed E-state index contributed by atoms with van der Waals surface area (Å²) < 4.78 is 12.9. The molecule has 2 fully saturated rings. The van der Waals surface area contributed by atoms with Crippen LogP contribution in [0.4, 0.5) is 4.39 Å². The normalized spacial score (nSPS) is 26.2. The van der Waals surface area contributed by atoms with E-state index in [4.69, 9.17) is 0 Å². The molecular formula is C14H17FN2O. The molecule has 1 N–H and O–H groups in total. The maximum Gasteiger partial charge on any atom is 0.244 e. The Balaban J connectivity index is 1.90. The van der Waals surface area contributed by atoms with Crippen LogP contribution >= 0.6 is 0 Å². The lowest BCUT2D eigenvalue weighted by molar-refractivity contribution is -0.132. The van der Waals surface area contributed by atoms with Crippen LogP contribution in [0.2, 0.25) is 0 Å². The summed E-state index contributed by atoms with van der Waals surface area (Å²) in [4.78, 5) is 14.1. The summed E-state index contributed by atoms with van der Waals surface area (Å²) in [5.41, 5.74) is 0.574. The van der Waals surface area contributed by atoms with Crippen LogP contribution in [-0.2, 0) is 4.79 Å². The van der Waals surface area contributed by atoms with Crippen molar-refractivity contribution < 1.29 is 9.18 Å². The highest BCUT2D eigenvalue weighted by Crippen LogP contribution is 2.39. The second-order valence-electron chi connectivity index (χ2n) is 5.30. The minimum absolute atomic E-state index is 0.129. The van der Waals surface area contributed by atoms with Gasteiger partial charge in [-0.3, -0.25) is 10.1 Å². The first-order chi connectivity index (χ1) is 8.62. The Morgan fingerprint density at radius 2 is 1.89 bits per heavy atom. The molecule has 1 aromatic carbocycles. The zero-order valence-corrected chi connectivity index (χ0v) is 10.4. The Morgan fingerprint density at radius 1 is 1.28 bits per heavy atom. The smallest absolute Gasteiger partial charge is 0.244 e. The Bertz CT molecular complexity index is 465. The zero-order chi connectivity index (χ0) is 12.8. The van der Waals surface area contributed by atoms with Gasteiger partial charge < -0.3 is 4.90 Å². The summed E-state index contributed by atoms with van der Waals surface area (Å²) in [5, 5.41) is 3.46. The molecule has 1 aliphatic carbocycles. The molecule has 1 amide bonds. The lowest BCUT2D eigenvalue weighted by Gasteiger charge is -2.20. The van der Waals surface area contributed by atoms with Crippen LogP contribution in [-0.4, -0.2) is 23.4 Å². The third-order valence-electron chi connectivity index (χ3n) is 4.17. The summed E-state index contributed by atoms with van der Waals surface area (Å²) in [6.45, 7) is 0. The minimum Gasteiger partial charge on any atom is -0.324 e. The molecule has 96 valence electrons. The number of benzene rings is 1. The molecule has 18 heavy (non-hydrogen) atoms. The lowest BCUT2D eigenvalue weighted by Crippen LogP contribution is -2.43. The van der Waals surface area contributed by atoms with E-state index in [-0.39, 0.29) is 23.4 Å². The standard InChI is InChI=1S/C14H17FN2O/c1-17-12(10-4-6-11(15)7-5-10)16-14(13(17)18)8-2-3-9-14/h4-7,12,16H,2-3,8-9H2,1H3/t12-/m1/s1. The fraction of sp³-hybridized carbons (Fsp3) is 0.500. The van der Waals surface area contributed by atoms with Crippen molar-refractivity contribution in [3.63, 3.8) is 0 Å². The third kappa shape index (κ3) is 1.63. The molecule has 1 atom stereocenters. The predicted octanol–water partition coefficient (Wildman–Crippen LogP) is 2.20. The first-order valence-corrected chi connectivity index (χ1v) is 6.43. The molecular weight excluding hydrogens is 231 g/mol. The van der Waals surface area contributed by atoms with Gasteiger partial charge in [0.1, 0.15) is 12.0 Å². The second kappa shape index (κ2) is 4.05. The fourth-order valence-corrected chi connectivity index (χ4v) is 3.16. The van der Waals surface area contributed by atoms with Crippen LogP contribution in [0, 0.1) is 5.82 Å². The first-order valence-electron chi connectivity index (χ1n) is 6.43. The van der Waals surface area contributed by atoms with E-state index in [0.29, 0.717) is 0 Å². The summed E-state index contributed by atoms with van der Waals surface area (Å²) in [5.74, 6) is -0.0735. The van der Waals surface area contributed by atoms with Crippen molar-refractivity contribution in [1.82, 2.24) is 10.2 Å². The van der Waals surface area contributed by atoms with E-state index >= 15 is 0 Å². The van der Waals surface area contributed by atoms with Crippen molar-refractivity contribution in [3.05, 3.63) is 35.6 Å². The predicted molar refractivity (Wildman–Crippen MR) is 66.2 cm³/mol. The first kappa shape index (κ1) is 11.7. The van der Waals surface area contributed by atoms with Gasteiger partial charge >= 0.3 is 0 Å². The van der Waals surface area contributed by atoms with E-state index < -0.39 is 0 Å². The number of rotatable bonds is 1. The van der Waals surface area contributed by atoms with Gasteiger partial charge in [-0.1, -0.05) is 25.0 Å². The van der Waals surface area contributed by atoms with Crippen molar-refractivity contribution in [3.8, 4) is 0 Å². The number of hydrogen-bond donors (Lipinski definition) is 1. The second-order valence-corrected chi connectivity index (χ2v) is 5.30. The number of nitrogens with one attached hydrogen (secondary N) is 1. The zero-order valence-electron chi connectivity index (χ0n) is 10.4. The quantitative estimate of drug-likeness (QED) is 0.826. The maximum absolute atomic E-state index is 12.9. The van der Waals surface area contributed by atoms with Gasteiger partial charge in [-0.25, -0.2) is 4.39 Å². The number of likely N-dealkylation sites (N-methyl/N-ethyl adjacent to an activating group) is 1. The van der Waals surface area contributed by atoms with Gasteiger partial charge in [-0.2, -0.15) is 0 Å². The maximum atomic E-state index is 12.9. The van der Waals surface area contributed by atoms with Crippen molar-refractivity contribution in [2.45, 2.75) is 37.4 Å². The van der Waals surface area contributed by atoms with Gasteiger partial charge in [0.2, 0.25) is 5.91 Å². The molecule has 4 heteroatoms. The van der Waals surface area contributed by atoms with Crippen molar-refractivity contribution in [1.29, 1.82) is 0 Å². The van der Waals surface area contributed by atoms with Gasteiger partial charge in [0.05, 0.1) is 5.54 Å². The largest absolute Gasteiger partial charge is 0.324 e. The highest BCUT2D eigenvalue weighted by molar-refractivity contribution is 5.89. The molecule has 1 heterocycles. The molecule has 1 spiro atoms. The minimum atomic E-state index is -0.367. The molecule has 0 bridgehead atoms. The van der Waals surface area contributed by atoms with Gasteiger partial charge in [0.25, 0.3) is 0 Å². The van der Waals surface area contributed by atoms with Crippen molar-refractivity contribution in [2.75, 3.05) is 7.05 Å². The van der Waals surface area contributed by atoms with Crippen LogP contribution in [0.1, 0.15) is 37.4 Å². The fourth-order valence-electron chi connectivity index (χ4n) is 3.16. The van der Waals surface area contributed by atoms with Crippen LogP contribution in [0.15, 0.2) is 24.3 Å². The highest BCUT2D eigenvalue weighted by atomic mass is 19.1. The molecule has 0 radical (unpaired) electrons. The van der Waals surface area contributed by atoms with E-state index in [1.807, 2.05) is 7.05 Å². The SMILES string of the molecule is CN1C(=O)C2(CCCC2)N[C@H]1c1ccc(F)cc1. The number of hydrogen-bond acceptors (Lipinski definition) is 2. The average Bonchev–Trinajstić information content (AvgIpc) is 2.93. The van der Waals surface area contributed by atoms with E-state index in [2.05, 4.69) is 5.32 Å². The molecule has 1 saturated heterocycles. The van der Waals surface area contributed by atoms with E-state index in [1.54, 1.807) is 17.0 Å². The Hall–Kier alpha value is -1.42. The summed E-state index contributed by atoms with van der Waals surface area (Å²) in [6, 6.07) is 6.36.